The van der Waals surface area contributed by atoms with E-state index in [9.17, 15) is 4.79 Å². The fraction of sp³-hybridized carbons (Fsp3) is 0.519. The minimum Gasteiger partial charge on any atom is -0.465 e. The fourth-order valence-electron chi connectivity index (χ4n) is 2.22. The molecule has 2 nitrogen and oxygen atoms in total. The molecule has 0 aromatic heterocycles. The lowest BCUT2D eigenvalue weighted by atomic mass is 9.97. The lowest BCUT2D eigenvalue weighted by Crippen LogP contribution is -2.23. The van der Waals surface area contributed by atoms with Crippen molar-refractivity contribution in [3.63, 3.8) is 0 Å². The van der Waals surface area contributed by atoms with E-state index < -0.39 is 5.41 Å². The van der Waals surface area contributed by atoms with Gasteiger partial charge in [0.05, 0.1) is 12.0 Å². The Hall–Kier alpha value is -2.09. The van der Waals surface area contributed by atoms with Gasteiger partial charge >= 0.3 is 5.97 Å². The van der Waals surface area contributed by atoms with Crippen molar-refractivity contribution in [2.45, 2.75) is 79.1 Å². The second-order valence-corrected chi connectivity index (χ2v) is 7.94. The summed E-state index contributed by atoms with van der Waals surface area (Å²) in [7, 11) is 0. The van der Waals surface area contributed by atoms with Gasteiger partial charge in [-0.3, -0.25) is 4.79 Å². The summed E-state index contributed by atoms with van der Waals surface area (Å²) in [6, 6.07) is 0. The third-order valence-electron chi connectivity index (χ3n) is 3.96. The maximum atomic E-state index is 11.6. The van der Waals surface area contributed by atoms with Gasteiger partial charge in [0, 0.05) is 0 Å². The zero-order valence-electron chi connectivity index (χ0n) is 19.1. The van der Waals surface area contributed by atoms with Gasteiger partial charge in [-0.15, -0.1) is 0 Å². The molecule has 0 saturated heterocycles. The highest BCUT2D eigenvalue weighted by molar-refractivity contribution is 5.75. The Balaban J connectivity index is 3.57. The number of hydrogen-bond donors (Lipinski definition) is 0. The maximum absolute atomic E-state index is 11.6. The van der Waals surface area contributed by atoms with Crippen molar-refractivity contribution in [3.8, 4) is 0 Å². The zero-order chi connectivity index (χ0) is 21.6. The van der Waals surface area contributed by atoms with Gasteiger partial charge in [0.1, 0.15) is 0 Å². The molecule has 0 saturated carbocycles. The third kappa shape index (κ3) is 20.5. The van der Waals surface area contributed by atoms with Crippen LogP contribution in [-0.4, -0.2) is 12.6 Å². The molecule has 0 N–H and O–H groups in total. The third-order valence-corrected chi connectivity index (χ3v) is 3.96. The molecule has 2 heteroatoms. The van der Waals surface area contributed by atoms with Crippen molar-refractivity contribution in [2.75, 3.05) is 6.61 Å². The number of carbonyl (C=O) groups is 1. The van der Waals surface area contributed by atoms with Crippen molar-refractivity contribution in [1.82, 2.24) is 0 Å². The van der Waals surface area contributed by atoms with Crippen LogP contribution in [0.1, 0.15) is 79.1 Å². The smallest absolute Gasteiger partial charge is 0.311 e. The van der Waals surface area contributed by atoms with Gasteiger partial charge in [0.25, 0.3) is 0 Å². The Morgan fingerprint density at radius 2 is 1.03 bits per heavy atom. The molecule has 0 aromatic rings. The van der Waals surface area contributed by atoms with E-state index >= 15 is 0 Å². The van der Waals surface area contributed by atoms with Gasteiger partial charge in [-0.2, -0.15) is 0 Å². The number of unbranched alkanes of at least 4 members (excludes halogenated alkanes) is 1. The summed E-state index contributed by atoms with van der Waals surface area (Å²) in [5.41, 5.74) is -0.408. The molecule has 0 amide bonds. The van der Waals surface area contributed by atoms with Crippen LogP contribution in [0.3, 0.4) is 0 Å². The Morgan fingerprint density at radius 3 is 1.41 bits per heavy atom. The first-order valence-electron chi connectivity index (χ1n) is 11.1. The molecular weight excluding hydrogens is 356 g/mol. The van der Waals surface area contributed by atoms with Crippen LogP contribution in [0.15, 0.2) is 72.9 Å². The average Bonchev–Trinajstić information content (AvgIpc) is 2.68. The van der Waals surface area contributed by atoms with Crippen molar-refractivity contribution in [2.24, 2.45) is 5.41 Å². The zero-order valence-corrected chi connectivity index (χ0v) is 19.1. The van der Waals surface area contributed by atoms with Crippen molar-refractivity contribution >= 4 is 5.97 Å². The van der Waals surface area contributed by atoms with Crippen molar-refractivity contribution in [3.05, 3.63) is 72.9 Å². The number of esters is 1. The predicted molar refractivity (Wildman–Crippen MR) is 128 cm³/mol. The molecular formula is C27H42O2. The second kappa shape index (κ2) is 19.2. The normalized spacial score (nSPS) is 13.4. The van der Waals surface area contributed by atoms with E-state index in [-0.39, 0.29) is 5.97 Å². The molecule has 0 atom stereocenters. The Kier molecular flexibility index (Phi) is 17.8. The molecule has 162 valence electrons. The molecule has 0 unspecified atom stereocenters. The van der Waals surface area contributed by atoms with Crippen LogP contribution in [0.5, 0.6) is 0 Å². The summed E-state index contributed by atoms with van der Waals surface area (Å²) in [6.45, 7) is 8.28. The van der Waals surface area contributed by atoms with Gasteiger partial charge < -0.3 is 4.74 Å². The van der Waals surface area contributed by atoms with E-state index in [1.807, 2.05) is 20.8 Å². The topological polar surface area (TPSA) is 26.3 Å². The summed E-state index contributed by atoms with van der Waals surface area (Å²) < 4.78 is 5.24. The maximum Gasteiger partial charge on any atom is 0.311 e. The van der Waals surface area contributed by atoms with Crippen LogP contribution in [0, 0.1) is 5.41 Å². The molecule has 0 radical (unpaired) electrons. The van der Waals surface area contributed by atoms with E-state index in [1.54, 1.807) is 0 Å². The quantitative estimate of drug-likeness (QED) is 0.158. The molecule has 0 aliphatic rings. The summed E-state index contributed by atoms with van der Waals surface area (Å²) >= 11 is 0. The molecule has 0 aromatic carbocycles. The highest BCUT2D eigenvalue weighted by atomic mass is 16.5. The number of hydrogen-bond acceptors (Lipinski definition) is 2. The number of ether oxygens (including phenoxy) is 1. The fourth-order valence-corrected chi connectivity index (χ4v) is 2.22. The van der Waals surface area contributed by atoms with Crippen LogP contribution in [0.2, 0.25) is 0 Å². The highest BCUT2D eigenvalue weighted by Gasteiger charge is 2.22. The van der Waals surface area contributed by atoms with Crippen LogP contribution in [0.4, 0.5) is 0 Å². The van der Waals surface area contributed by atoms with Crippen molar-refractivity contribution in [1.29, 1.82) is 0 Å². The Labute approximate surface area is 179 Å². The first kappa shape index (κ1) is 26.9. The lowest BCUT2D eigenvalue weighted by molar-refractivity contribution is -0.153. The molecule has 0 fully saturated rings. The van der Waals surface area contributed by atoms with E-state index in [1.165, 1.54) is 0 Å². The number of rotatable bonds is 15. The van der Waals surface area contributed by atoms with Crippen LogP contribution in [-0.2, 0) is 9.53 Å². The first-order chi connectivity index (χ1) is 14.0. The minimum absolute atomic E-state index is 0.125. The van der Waals surface area contributed by atoms with Crippen molar-refractivity contribution < 1.29 is 9.53 Å². The molecule has 0 spiro atoms. The van der Waals surface area contributed by atoms with Crippen LogP contribution in [0.25, 0.3) is 0 Å². The Bertz CT molecular complexity index is 566. The minimum atomic E-state index is -0.408. The second-order valence-electron chi connectivity index (χ2n) is 7.94. The largest absolute Gasteiger partial charge is 0.465 e. The Morgan fingerprint density at radius 1 is 0.655 bits per heavy atom. The predicted octanol–water partition coefficient (Wildman–Crippen LogP) is 8.05. The molecule has 0 heterocycles. The van der Waals surface area contributed by atoms with Crippen LogP contribution < -0.4 is 0 Å². The lowest BCUT2D eigenvalue weighted by Gasteiger charge is -2.16. The van der Waals surface area contributed by atoms with Gasteiger partial charge in [0.15, 0.2) is 0 Å². The molecule has 0 aliphatic heterocycles. The SMILES string of the molecule is CC/C=C\C/C=C\C/C=C\C/C=C\C/C=C\C/C=C\CCCOC(=O)C(C)(C)C. The monoisotopic (exact) mass is 398 g/mol. The first-order valence-corrected chi connectivity index (χ1v) is 11.1. The highest BCUT2D eigenvalue weighted by Crippen LogP contribution is 2.15. The van der Waals surface area contributed by atoms with E-state index in [4.69, 9.17) is 4.74 Å². The van der Waals surface area contributed by atoms with E-state index in [0.717, 1.165) is 51.4 Å². The van der Waals surface area contributed by atoms with E-state index in [0.29, 0.717) is 6.61 Å². The molecule has 29 heavy (non-hydrogen) atoms. The molecule has 0 rings (SSSR count). The van der Waals surface area contributed by atoms with Gasteiger partial charge in [-0.25, -0.2) is 0 Å². The average molecular weight is 399 g/mol. The number of allylic oxidation sites excluding steroid dienone is 12. The summed E-state index contributed by atoms with van der Waals surface area (Å²) in [5, 5.41) is 0. The standard InChI is InChI=1S/C27H42O2/c1-5-6-7-8-9-10-11-12-13-14-15-16-17-18-19-20-21-22-23-24-25-29-26(28)27(2,3)4/h6-7,9-10,12-13,15-16,18-19,21-22H,5,8,11,14,17,20,23-25H2,1-4H3/b7-6-,10-9-,13-12-,16-15-,19-18-,22-21-. The summed E-state index contributed by atoms with van der Waals surface area (Å²) in [5.74, 6) is -0.125. The summed E-state index contributed by atoms with van der Waals surface area (Å²) in [4.78, 5) is 11.6. The number of carbonyl (C=O) groups excluding carboxylic acids is 1. The van der Waals surface area contributed by atoms with Gasteiger partial charge in [-0.05, 0) is 72.1 Å². The van der Waals surface area contributed by atoms with Gasteiger partial charge in [-0.1, -0.05) is 79.8 Å². The molecule has 0 aliphatic carbocycles. The van der Waals surface area contributed by atoms with Crippen LogP contribution >= 0.6 is 0 Å². The van der Waals surface area contributed by atoms with Gasteiger partial charge in [0.2, 0.25) is 0 Å². The van der Waals surface area contributed by atoms with E-state index in [2.05, 4.69) is 79.8 Å². The summed E-state index contributed by atoms with van der Waals surface area (Å²) in [6.07, 6.45) is 34.3. The molecule has 0 bridgehead atoms.